The van der Waals surface area contributed by atoms with E-state index in [9.17, 15) is 9.90 Å². The maximum absolute atomic E-state index is 14.6. The largest absolute Gasteiger partial charge is 0.507 e. The molecular weight excluding hydrogens is 680 g/mol. The molecule has 0 fully saturated rings. The summed E-state index contributed by atoms with van der Waals surface area (Å²) in [6, 6.07) is 20.1. The van der Waals surface area contributed by atoms with Crippen molar-refractivity contribution in [3.63, 3.8) is 0 Å². The van der Waals surface area contributed by atoms with Crippen molar-refractivity contribution >= 4 is 33.2 Å². The van der Waals surface area contributed by atoms with Gasteiger partial charge in [-0.15, -0.1) is 0 Å². The molecule has 2 aliphatic heterocycles. The summed E-state index contributed by atoms with van der Waals surface area (Å²) in [5.41, 5.74) is 11.3. The average molecular weight is 728 g/mol. The summed E-state index contributed by atoms with van der Waals surface area (Å²) in [6.07, 6.45) is 0. The number of nitrogens with zero attached hydrogens (tertiary/aromatic N) is 3. The van der Waals surface area contributed by atoms with Gasteiger partial charge < -0.3 is 30.3 Å². The maximum Gasteiger partial charge on any atom is 0.269 e. The van der Waals surface area contributed by atoms with Gasteiger partial charge in [-0.05, 0) is 90.3 Å². The first kappa shape index (κ1) is 34.8. The Hall–Kier alpha value is -4.09. The van der Waals surface area contributed by atoms with Crippen LogP contribution in [0.25, 0.3) is 0 Å². The smallest absolute Gasteiger partial charge is 0.269 e. The van der Waals surface area contributed by atoms with Crippen LogP contribution in [0, 0.1) is 13.8 Å². The molecule has 0 aliphatic carbocycles. The zero-order valence-electron chi connectivity index (χ0n) is 29.5. The van der Waals surface area contributed by atoms with Crippen LogP contribution in [0.2, 0.25) is 0 Å². The molecule has 0 aromatic heterocycles. The molecule has 9 nitrogen and oxygen atoms in total. The number of rotatable bonds is 12. The summed E-state index contributed by atoms with van der Waals surface area (Å²) in [5.74, 6) is 1.44. The Morgan fingerprint density at radius 2 is 1.43 bits per heavy atom. The van der Waals surface area contributed by atoms with E-state index in [-0.39, 0.29) is 18.2 Å². The Morgan fingerprint density at radius 3 is 2.02 bits per heavy atom. The number of carbonyl (C=O) groups is 1. The van der Waals surface area contributed by atoms with Crippen LogP contribution in [-0.2, 0) is 18.6 Å². The number of halogens is 1. The number of aromatic hydroxyl groups is 1. The molecule has 0 saturated heterocycles. The second kappa shape index (κ2) is 14.0. The van der Waals surface area contributed by atoms with Crippen molar-refractivity contribution in [3.05, 3.63) is 110 Å². The number of hydrogen-bond donors (Lipinski definition) is 4. The van der Waals surface area contributed by atoms with Crippen molar-refractivity contribution in [1.82, 2.24) is 20.2 Å². The topological polar surface area (TPSA) is 92.3 Å². The van der Waals surface area contributed by atoms with Gasteiger partial charge >= 0.3 is 0 Å². The molecule has 6 rings (SSSR count). The Bertz CT molecular complexity index is 1830. The molecule has 0 unspecified atom stereocenters. The van der Waals surface area contributed by atoms with Crippen LogP contribution in [0.5, 0.6) is 17.2 Å². The zero-order chi connectivity index (χ0) is 35.0. The number of amides is 1. The van der Waals surface area contributed by atoms with Crippen LogP contribution in [0.3, 0.4) is 0 Å². The van der Waals surface area contributed by atoms with Gasteiger partial charge in [0.25, 0.3) is 5.91 Å². The van der Waals surface area contributed by atoms with Gasteiger partial charge in [0.15, 0.2) is 0 Å². The highest BCUT2D eigenvalue weighted by Gasteiger charge is 2.57. The fraction of sp³-hybridized carbons (Fsp3) is 0.359. The van der Waals surface area contributed by atoms with Gasteiger partial charge in [-0.2, -0.15) is 0 Å². The molecule has 2 heterocycles. The molecule has 2 aliphatic rings. The first-order valence-electron chi connectivity index (χ1n) is 17.0. The predicted octanol–water partition coefficient (Wildman–Crippen LogP) is 7.19. The van der Waals surface area contributed by atoms with Crippen molar-refractivity contribution in [1.29, 1.82) is 0 Å². The molecule has 4 N–H and O–H groups in total. The number of anilines is 2. The van der Waals surface area contributed by atoms with Crippen LogP contribution in [0.4, 0.5) is 11.4 Å². The summed E-state index contributed by atoms with van der Waals surface area (Å²) in [7, 11) is 6.16. The van der Waals surface area contributed by atoms with Gasteiger partial charge in [0.2, 0.25) is 0 Å². The summed E-state index contributed by atoms with van der Waals surface area (Å²) in [5, 5.41) is 20.3. The number of fused-ring (bicyclic) bond motifs is 6. The molecule has 4 aromatic rings. The Morgan fingerprint density at radius 1 is 0.837 bits per heavy atom. The zero-order valence-corrected chi connectivity index (χ0v) is 31.1. The second-order valence-electron chi connectivity index (χ2n) is 13.3. The number of aryl methyl sites for hydroxylation is 2. The van der Waals surface area contributed by atoms with E-state index in [1.807, 2.05) is 36.4 Å². The van der Waals surface area contributed by atoms with E-state index in [0.717, 1.165) is 75.4 Å². The molecular formula is C39H47BrN6O3. The number of hydrazine groups is 1. The molecule has 0 radical (unpaired) electrons. The number of phenolic OH excluding ortho intramolecular Hbond substituents is 1. The summed E-state index contributed by atoms with van der Waals surface area (Å²) in [6.45, 7) is 12.4. The molecule has 10 heteroatoms. The van der Waals surface area contributed by atoms with E-state index in [1.54, 1.807) is 5.01 Å². The highest BCUT2D eigenvalue weighted by Crippen LogP contribution is 2.58. The number of nitrogens with one attached hydrogen (secondary N) is 3. The van der Waals surface area contributed by atoms with Gasteiger partial charge in [0, 0.05) is 101 Å². The maximum atomic E-state index is 14.6. The molecule has 0 saturated carbocycles. The van der Waals surface area contributed by atoms with Gasteiger partial charge in [0.05, 0.1) is 0 Å². The fourth-order valence-corrected chi connectivity index (χ4v) is 7.67. The third-order valence-corrected chi connectivity index (χ3v) is 9.96. The number of benzene rings is 4. The van der Waals surface area contributed by atoms with Crippen molar-refractivity contribution < 1.29 is 14.6 Å². The van der Waals surface area contributed by atoms with Crippen molar-refractivity contribution in [2.75, 3.05) is 58.0 Å². The van der Waals surface area contributed by atoms with Gasteiger partial charge in [-0.3, -0.25) is 9.80 Å². The third-order valence-electron chi connectivity index (χ3n) is 9.50. The highest BCUT2D eigenvalue weighted by atomic mass is 79.9. The predicted molar refractivity (Wildman–Crippen MR) is 201 cm³/mol. The lowest BCUT2D eigenvalue weighted by Gasteiger charge is -2.44. The summed E-state index contributed by atoms with van der Waals surface area (Å²) < 4.78 is 7.60. The Balaban J connectivity index is 1.50. The molecule has 0 atom stereocenters. The number of hydrogen-bond acceptors (Lipinski definition) is 8. The normalized spacial score (nSPS) is 14.2. The SMILES string of the molecule is CCNc1cc2c(cc1C)C1(c3cc(C)c(NCC)cc3O2)c2ccccc2C(=O)N1NCc1cc(Br)cc(CN(C)CCN(C)C)c1O. The molecule has 1 spiro atoms. The van der Waals surface area contributed by atoms with Gasteiger partial charge in [-0.25, -0.2) is 5.43 Å². The lowest BCUT2D eigenvalue weighted by molar-refractivity contribution is 0.0497. The molecule has 4 aromatic carbocycles. The second-order valence-corrected chi connectivity index (χ2v) is 14.3. The molecule has 0 bridgehead atoms. The Kier molecular flexibility index (Phi) is 9.95. The van der Waals surface area contributed by atoms with Crippen LogP contribution in [0.15, 0.2) is 65.1 Å². The standard InChI is InChI=1S/C39H47BrN6O3/c1-8-41-33-20-35-31(16-24(33)3)39(32-17-25(4)34(42-9-2)21-36(32)49-35)30-13-11-10-12-29(30)38(48)46(39)43-22-26-18-28(40)19-27(37(26)47)23-45(7)15-14-44(5)6/h10-13,16-21,41-43,47H,8-9,14-15,22-23H2,1-7H3. The van der Waals surface area contributed by atoms with E-state index in [2.05, 4.69) is 115 Å². The van der Waals surface area contributed by atoms with Crippen LogP contribution in [-0.4, -0.2) is 73.1 Å². The molecule has 49 heavy (non-hydrogen) atoms. The number of phenols is 1. The summed E-state index contributed by atoms with van der Waals surface area (Å²) in [4.78, 5) is 19.0. The minimum Gasteiger partial charge on any atom is -0.507 e. The van der Waals surface area contributed by atoms with E-state index in [4.69, 9.17) is 4.74 Å². The van der Waals surface area contributed by atoms with Gasteiger partial charge in [0.1, 0.15) is 22.8 Å². The lowest BCUT2D eigenvalue weighted by Crippen LogP contribution is -2.54. The number of likely N-dealkylation sites (N-methyl/N-ethyl adjacent to an activating group) is 2. The van der Waals surface area contributed by atoms with Crippen LogP contribution in [0.1, 0.15) is 63.1 Å². The van der Waals surface area contributed by atoms with Crippen molar-refractivity contribution in [2.45, 2.75) is 46.3 Å². The van der Waals surface area contributed by atoms with Crippen LogP contribution < -0.4 is 20.8 Å². The van der Waals surface area contributed by atoms with E-state index < -0.39 is 5.54 Å². The van der Waals surface area contributed by atoms with Gasteiger partial charge in [-0.1, -0.05) is 34.1 Å². The van der Waals surface area contributed by atoms with E-state index in [0.29, 0.717) is 29.2 Å². The Labute approximate surface area is 298 Å². The number of ether oxygens (including phenoxy) is 1. The molecule has 258 valence electrons. The molecule has 1 amide bonds. The minimum absolute atomic E-state index is 0.144. The van der Waals surface area contributed by atoms with E-state index in [1.165, 1.54) is 0 Å². The van der Waals surface area contributed by atoms with Crippen LogP contribution >= 0.6 is 15.9 Å². The highest BCUT2D eigenvalue weighted by molar-refractivity contribution is 9.10. The summed E-state index contributed by atoms with van der Waals surface area (Å²) >= 11 is 3.68. The van der Waals surface area contributed by atoms with E-state index >= 15 is 0 Å². The quantitative estimate of drug-likeness (QED) is 0.122. The average Bonchev–Trinajstić information content (AvgIpc) is 3.31. The lowest BCUT2D eigenvalue weighted by atomic mass is 9.74. The van der Waals surface area contributed by atoms with Crippen molar-refractivity contribution in [2.24, 2.45) is 0 Å². The fourth-order valence-electron chi connectivity index (χ4n) is 7.11. The first-order valence-corrected chi connectivity index (χ1v) is 17.8. The minimum atomic E-state index is -1.04. The van der Waals surface area contributed by atoms with Crippen molar-refractivity contribution in [3.8, 4) is 17.2 Å². The monoisotopic (exact) mass is 726 g/mol. The first-order chi connectivity index (χ1) is 23.5. The third kappa shape index (κ3) is 6.27. The number of carbonyl (C=O) groups excluding carboxylic acids is 1.